The van der Waals surface area contributed by atoms with Crippen LogP contribution < -0.4 is 10.2 Å². The third-order valence-electron chi connectivity index (χ3n) is 7.29. The van der Waals surface area contributed by atoms with E-state index in [1.165, 1.54) is 11.3 Å². The van der Waals surface area contributed by atoms with Gasteiger partial charge in [0.1, 0.15) is 5.75 Å². The molecule has 0 aliphatic carbocycles. The van der Waals surface area contributed by atoms with Gasteiger partial charge >= 0.3 is 0 Å². The Bertz CT molecular complexity index is 1190. The molecule has 3 aromatic carbocycles. The minimum absolute atomic E-state index is 0.134. The SMILES string of the molecule is C=C(CCc1cc(C(C)(C)C)c(O)c(C(C)(C)C)c1)N(c1ccc(Nc2ccccc2)cc1)C(C)CC(C)C. The Balaban J connectivity index is 1.86. The van der Waals surface area contributed by atoms with Crippen LogP contribution in [-0.4, -0.2) is 11.1 Å². The first-order valence-corrected chi connectivity index (χ1v) is 14.4. The highest BCUT2D eigenvalue weighted by Crippen LogP contribution is 2.40. The molecule has 3 nitrogen and oxygen atoms in total. The van der Waals surface area contributed by atoms with Gasteiger partial charge in [-0.15, -0.1) is 0 Å². The fourth-order valence-electron chi connectivity index (χ4n) is 5.32. The van der Waals surface area contributed by atoms with Crippen LogP contribution >= 0.6 is 0 Å². The van der Waals surface area contributed by atoms with E-state index in [2.05, 4.69) is 128 Å². The second-order valence-corrected chi connectivity index (χ2v) is 13.5. The summed E-state index contributed by atoms with van der Waals surface area (Å²) < 4.78 is 0. The number of phenols is 1. The molecule has 39 heavy (non-hydrogen) atoms. The van der Waals surface area contributed by atoms with E-state index in [1.54, 1.807) is 0 Å². The predicted molar refractivity (Wildman–Crippen MR) is 171 cm³/mol. The number of hydrogen-bond acceptors (Lipinski definition) is 3. The Labute approximate surface area is 238 Å². The van der Waals surface area contributed by atoms with Crippen LogP contribution in [0, 0.1) is 5.92 Å². The molecule has 3 rings (SSSR count). The van der Waals surface area contributed by atoms with Gasteiger partial charge < -0.3 is 15.3 Å². The Morgan fingerprint density at radius 2 is 1.33 bits per heavy atom. The molecule has 210 valence electrons. The second-order valence-electron chi connectivity index (χ2n) is 13.5. The molecular formula is C36H50N2O. The van der Waals surface area contributed by atoms with Crippen molar-refractivity contribution < 1.29 is 5.11 Å². The number of phenolic OH excluding ortho intramolecular Hbond substituents is 1. The number of allylic oxidation sites excluding steroid dienone is 1. The van der Waals surface area contributed by atoms with E-state index in [4.69, 9.17) is 0 Å². The van der Waals surface area contributed by atoms with Crippen molar-refractivity contribution in [3.63, 3.8) is 0 Å². The zero-order valence-corrected chi connectivity index (χ0v) is 25.7. The van der Waals surface area contributed by atoms with Gasteiger partial charge in [-0.2, -0.15) is 0 Å². The first-order chi connectivity index (χ1) is 18.2. The van der Waals surface area contributed by atoms with Gasteiger partial charge in [-0.3, -0.25) is 0 Å². The first-order valence-electron chi connectivity index (χ1n) is 14.4. The standard InChI is InChI=1S/C36H50N2O/c1-25(2)22-27(4)38(31-20-18-30(19-21-31)37-29-14-12-11-13-15-29)26(3)16-17-28-23-32(35(5,6)7)34(39)33(24-28)36(8,9)10/h11-15,18-21,23-25,27,37,39H,3,16-17,22H2,1-2,4-10H3. The van der Waals surface area contributed by atoms with Crippen LogP contribution in [0.2, 0.25) is 0 Å². The lowest BCUT2D eigenvalue weighted by atomic mass is 9.78. The Morgan fingerprint density at radius 1 is 0.821 bits per heavy atom. The average Bonchev–Trinajstić information content (AvgIpc) is 2.83. The van der Waals surface area contributed by atoms with Crippen molar-refractivity contribution in [2.24, 2.45) is 5.92 Å². The Morgan fingerprint density at radius 3 is 1.82 bits per heavy atom. The molecule has 0 aliphatic rings. The zero-order valence-electron chi connectivity index (χ0n) is 25.7. The van der Waals surface area contributed by atoms with Crippen molar-refractivity contribution in [3.05, 3.63) is 95.7 Å². The lowest BCUT2D eigenvalue weighted by molar-refractivity contribution is 0.422. The number of benzene rings is 3. The molecule has 1 unspecified atom stereocenters. The van der Waals surface area contributed by atoms with Gasteiger partial charge in [-0.05, 0) is 96.0 Å². The second kappa shape index (κ2) is 12.3. The van der Waals surface area contributed by atoms with E-state index in [9.17, 15) is 5.11 Å². The summed E-state index contributed by atoms with van der Waals surface area (Å²) in [6, 6.07) is 23.7. The number of hydrogen-bond donors (Lipinski definition) is 2. The molecule has 0 fully saturated rings. The Hall–Kier alpha value is -3.20. The summed E-state index contributed by atoms with van der Waals surface area (Å²) >= 11 is 0. The average molecular weight is 527 g/mol. The Kier molecular flexibility index (Phi) is 9.59. The third-order valence-corrected chi connectivity index (χ3v) is 7.29. The van der Waals surface area contributed by atoms with Crippen LogP contribution in [0.5, 0.6) is 5.75 Å². The lowest BCUT2D eigenvalue weighted by Crippen LogP contribution is -2.33. The number of nitrogens with zero attached hydrogens (tertiary/aromatic N) is 1. The van der Waals surface area contributed by atoms with Crippen LogP contribution in [0.3, 0.4) is 0 Å². The van der Waals surface area contributed by atoms with E-state index < -0.39 is 0 Å². The summed E-state index contributed by atoms with van der Waals surface area (Å²) in [5.41, 5.74) is 7.46. The van der Waals surface area contributed by atoms with Gasteiger partial charge in [0, 0.05) is 28.8 Å². The van der Waals surface area contributed by atoms with E-state index in [1.807, 2.05) is 18.2 Å². The molecule has 0 radical (unpaired) electrons. The summed E-state index contributed by atoms with van der Waals surface area (Å²) in [5, 5.41) is 14.6. The predicted octanol–water partition coefficient (Wildman–Crippen LogP) is 10.1. The minimum Gasteiger partial charge on any atom is -0.507 e. The van der Waals surface area contributed by atoms with E-state index in [-0.39, 0.29) is 10.8 Å². The van der Waals surface area contributed by atoms with E-state index in [0.29, 0.717) is 17.7 Å². The van der Waals surface area contributed by atoms with Gasteiger partial charge in [0.05, 0.1) is 0 Å². The van der Waals surface area contributed by atoms with Crippen molar-refractivity contribution in [1.29, 1.82) is 0 Å². The molecule has 0 amide bonds. The molecule has 0 saturated heterocycles. The lowest BCUT2D eigenvalue weighted by Gasteiger charge is -2.34. The van der Waals surface area contributed by atoms with Gasteiger partial charge in [0.2, 0.25) is 0 Å². The molecule has 3 aromatic rings. The van der Waals surface area contributed by atoms with Gasteiger partial charge in [0.15, 0.2) is 0 Å². The molecule has 0 heterocycles. The zero-order chi connectivity index (χ0) is 29.0. The van der Waals surface area contributed by atoms with Gasteiger partial charge in [-0.1, -0.05) is 92.3 Å². The monoisotopic (exact) mass is 526 g/mol. The number of rotatable bonds is 10. The highest BCUT2D eigenvalue weighted by molar-refractivity contribution is 5.64. The molecule has 0 spiro atoms. The number of para-hydroxylation sites is 1. The number of aromatic hydroxyl groups is 1. The van der Waals surface area contributed by atoms with Crippen molar-refractivity contribution in [3.8, 4) is 5.75 Å². The van der Waals surface area contributed by atoms with Gasteiger partial charge in [-0.25, -0.2) is 0 Å². The van der Waals surface area contributed by atoms with Crippen molar-refractivity contribution in [1.82, 2.24) is 0 Å². The molecule has 1 atom stereocenters. The van der Waals surface area contributed by atoms with Crippen molar-refractivity contribution in [2.75, 3.05) is 10.2 Å². The number of anilines is 3. The van der Waals surface area contributed by atoms with Crippen molar-refractivity contribution >= 4 is 17.1 Å². The van der Waals surface area contributed by atoms with Gasteiger partial charge in [0.25, 0.3) is 0 Å². The first kappa shape index (κ1) is 30.3. The third kappa shape index (κ3) is 8.14. The topological polar surface area (TPSA) is 35.5 Å². The van der Waals surface area contributed by atoms with Crippen molar-refractivity contribution in [2.45, 2.75) is 98.4 Å². The summed E-state index contributed by atoms with van der Waals surface area (Å²) in [6.07, 6.45) is 2.82. The molecule has 2 N–H and O–H groups in total. The molecule has 0 aliphatic heterocycles. The number of nitrogens with one attached hydrogen (secondary N) is 1. The quantitative estimate of drug-likeness (QED) is 0.276. The van der Waals surface area contributed by atoms with Crippen LogP contribution in [0.25, 0.3) is 0 Å². The van der Waals surface area contributed by atoms with Crippen LogP contribution in [0.15, 0.2) is 79.0 Å². The maximum atomic E-state index is 11.1. The summed E-state index contributed by atoms with van der Waals surface area (Å²) in [6.45, 7) is 24.5. The fourth-order valence-corrected chi connectivity index (χ4v) is 5.32. The highest BCUT2D eigenvalue weighted by atomic mass is 16.3. The van der Waals surface area contributed by atoms with E-state index in [0.717, 1.165) is 47.5 Å². The van der Waals surface area contributed by atoms with Crippen LogP contribution in [-0.2, 0) is 17.3 Å². The fraction of sp³-hybridized carbons (Fsp3) is 0.444. The molecule has 0 saturated carbocycles. The molecule has 0 bridgehead atoms. The summed E-state index contributed by atoms with van der Waals surface area (Å²) in [7, 11) is 0. The minimum atomic E-state index is -0.134. The normalized spacial score (nSPS) is 12.9. The van der Waals surface area contributed by atoms with Crippen LogP contribution in [0.1, 0.15) is 91.8 Å². The molecular weight excluding hydrogens is 476 g/mol. The largest absolute Gasteiger partial charge is 0.507 e. The maximum absolute atomic E-state index is 11.1. The van der Waals surface area contributed by atoms with E-state index >= 15 is 0 Å². The summed E-state index contributed by atoms with van der Waals surface area (Å²) in [5.74, 6) is 1.03. The highest BCUT2D eigenvalue weighted by Gasteiger charge is 2.27. The molecule has 3 heteroatoms. The maximum Gasteiger partial charge on any atom is 0.123 e. The van der Waals surface area contributed by atoms with Crippen LogP contribution in [0.4, 0.5) is 17.1 Å². The molecule has 0 aromatic heterocycles. The summed E-state index contributed by atoms with van der Waals surface area (Å²) in [4.78, 5) is 2.42. The smallest absolute Gasteiger partial charge is 0.123 e. The number of aryl methyl sites for hydroxylation is 1.